The van der Waals surface area contributed by atoms with Gasteiger partial charge in [0.05, 0.1) is 17.5 Å². The summed E-state index contributed by atoms with van der Waals surface area (Å²) in [5.41, 5.74) is 2.05. The molecule has 2 N–H and O–H groups in total. The van der Waals surface area contributed by atoms with E-state index >= 15 is 0 Å². The van der Waals surface area contributed by atoms with Crippen LogP contribution in [0.3, 0.4) is 0 Å². The Labute approximate surface area is 332 Å². The number of methoxy groups -OCH3 is 2. The van der Waals surface area contributed by atoms with Crippen LogP contribution in [0.5, 0.6) is 5.75 Å². The van der Waals surface area contributed by atoms with E-state index < -0.39 is 26.8 Å². The number of halogens is 1. The van der Waals surface area contributed by atoms with Gasteiger partial charge in [0, 0.05) is 88.6 Å². The maximum Gasteiger partial charge on any atom is 0.264 e. The highest BCUT2D eigenvalue weighted by molar-refractivity contribution is 7.90. The zero-order valence-corrected chi connectivity index (χ0v) is 34.4. The summed E-state index contributed by atoms with van der Waals surface area (Å²) in [6, 6.07) is 11.3. The van der Waals surface area contributed by atoms with Crippen LogP contribution in [-0.4, -0.2) is 110 Å². The van der Waals surface area contributed by atoms with Crippen molar-refractivity contribution in [3.8, 4) is 5.75 Å². The molecule has 1 spiro atoms. The van der Waals surface area contributed by atoms with Crippen molar-refractivity contribution >= 4 is 39.5 Å². The van der Waals surface area contributed by atoms with Gasteiger partial charge in [-0.05, 0) is 111 Å². The minimum atomic E-state index is -3.97. The lowest BCUT2D eigenvalue weighted by Crippen LogP contribution is -2.53. The fourth-order valence-corrected chi connectivity index (χ4v) is 10.5. The quantitative estimate of drug-likeness (QED) is 0.223. The van der Waals surface area contributed by atoms with Crippen LogP contribution in [0.1, 0.15) is 73.9 Å². The molecule has 2 aliphatic carbocycles. The van der Waals surface area contributed by atoms with Gasteiger partial charge < -0.3 is 29.3 Å². The van der Waals surface area contributed by atoms with E-state index in [1.165, 1.54) is 30.8 Å². The van der Waals surface area contributed by atoms with Crippen LogP contribution in [0.4, 0.5) is 5.69 Å². The molecule has 13 heteroatoms. The third-order valence-electron chi connectivity index (χ3n) is 12.7. The zero-order valence-electron chi connectivity index (χ0n) is 32.9. The molecule has 3 aliphatic heterocycles. The van der Waals surface area contributed by atoms with Crippen LogP contribution in [0.25, 0.3) is 0 Å². The second kappa shape index (κ2) is 18.1. The average Bonchev–Trinajstić information content (AvgIpc) is 3.32. The number of allylic oxidation sites excluding steroid dienone is 1. The Bertz CT molecular complexity index is 1800. The first-order valence-electron chi connectivity index (χ1n) is 19.9. The number of amides is 1. The minimum Gasteiger partial charge on any atom is -0.490 e. The Morgan fingerprint density at radius 1 is 1.09 bits per heavy atom. The molecule has 55 heavy (non-hydrogen) atoms. The van der Waals surface area contributed by atoms with Crippen molar-refractivity contribution in [2.24, 2.45) is 17.8 Å². The second-order valence-corrected chi connectivity index (χ2v) is 18.6. The van der Waals surface area contributed by atoms with Crippen molar-refractivity contribution in [2.45, 2.75) is 75.1 Å². The number of hydrogen-bond donors (Lipinski definition) is 2. The number of rotatable bonds is 6. The van der Waals surface area contributed by atoms with Crippen LogP contribution >= 0.6 is 11.6 Å². The number of anilines is 1. The van der Waals surface area contributed by atoms with Crippen LogP contribution in [0.2, 0.25) is 5.02 Å². The lowest BCUT2D eigenvalue weighted by molar-refractivity contribution is -0.135. The van der Waals surface area contributed by atoms with Crippen molar-refractivity contribution < 1.29 is 32.2 Å². The van der Waals surface area contributed by atoms with E-state index in [-0.39, 0.29) is 28.7 Å². The fraction of sp³-hybridized carbons (Fsp3) is 0.619. The molecule has 7 rings (SSSR count). The number of fused-ring (bicyclic) bond motifs is 4. The molecule has 2 aromatic carbocycles. The number of ether oxygens (including phenoxy) is 3. The molecule has 3 heterocycles. The van der Waals surface area contributed by atoms with Gasteiger partial charge in [0.25, 0.3) is 5.91 Å². The van der Waals surface area contributed by atoms with Gasteiger partial charge in [-0.2, -0.15) is 0 Å². The van der Waals surface area contributed by atoms with Crippen LogP contribution in [0.15, 0.2) is 48.6 Å². The first-order valence-corrected chi connectivity index (χ1v) is 21.8. The van der Waals surface area contributed by atoms with Crippen LogP contribution in [0, 0.1) is 17.8 Å². The van der Waals surface area contributed by atoms with E-state index in [1.54, 1.807) is 39.3 Å². The van der Waals surface area contributed by atoms with E-state index in [4.69, 9.17) is 25.8 Å². The topological polar surface area (TPSA) is 127 Å². The molecule has 1 saturated carbocycles. The van der Waals surface area contributed by atoms with Gasteiger partial charge in [-0.25, -0.2) is 13.1 Å². The third kappa shape index (κ3) is 9.26. The Morgan fingerprint density at radius 2 is 1.89 bits per heavy atom. The van der Waals surface area contributed by atoms with Gasteiger partial charge in [-0.15, -0.1) is 0 Å². The van der Waals surface area contributed by atoms with Crippen LogP contribution < -0.4 is 19.7 Å². The molecule has 6 atom stereocenters. The van der Waals surface area contributed by atoms with Gasteiger partial charge in [-0.3, -0.25) is 9.59 Å². The van der Waals surface area contributed by atoms with Gasteiger partial charge in [0.2, 0.25) is 10.0 Å². The Balaban J connectivity index is 0.000000403. The number of carbonyl (C=O) groups is 2. The van der Waals surface area contributed by atoms with Gasteiger partial charge >= 0.3 is 0 Å². The number of piperazine rings is 1. The highest BCUT2D eigenvalue weighted by Gasteiger charge is 2.49. The number of carbonyl (C=O) groups excluding carboxylic acids is 2. The molecule has 0 radical (unpaired) electrons. The maximum absolute atomic E-state index is 13.4. The fourth-order valence-electron chi connectivity index (χ4n) is 9.05. The number of hydrogen-bond acceptors (Lipinski definition) is 10. The Hall–Kier alpha value is -3.00. The molecule has 5 aliphatic rings. The summed E-state index contributed by atoms with van der Waals surface area (Å²) >= 11 is 6.40. The highest BCUT2D eigenvalue weighted by atomic mass is 35.5. The number of aldehydes is 1. The molecule has 302 valence electrons. The Kier molecular flexibility index (Phi) is 13.7. The molecule has 2 aromatic rings. The van der Waals surface area contributed by atoms with Gasteiger partial charge in [0.1, 0.15) is 11.4 Å². The maximum atomic E-state index is 13.4. The molecule has 0 aromatic heterocycles. The minimum absolute atomic E-state index is 0.0434. The number of nitrogens with one attached hydrogen (secondary N) is 2. The van der Waals surface area contributed by atoms with Crippen LogP contribution in [-0.2, 0) is 36.1 Å². The lowest BCUT2D eigenvalue weighted by atomic mass is 9.64. The molecule has 1 saturated heterocycles. The van der Waals surface area contributed by atoms with E-state index in [2.05, 4.69) is 32.0 Å². The summed E-state index contributed by atoms with van der Waals surface area (Å²) in [4.78, 5) is 30.9. The standard InChI is InChI=1S/C34H41ClN2O6S.C8H18N2O/c1-22-6-4-15-34(20-38,42-3)29-11-8-26(29)18-37-19-33(14-5-7-24-16-27(35)10-12-28(24)33)21-43-31-13-9-25(17-30(31)37)32(39)36-44(40,41)23(22)2;1-11-8-2-5-10-6-3-9-4-7-10/h4,9-10,12-13,15-17,20,22-23,26,29H,5-8,11,14,18-19,21H2,1-3H3,(H,36,39);9H,2-8H2,1H3/b15-4+;/t22-,23+,26-,29+,33-,34+;/m0./s1. The SMILES string of the molecule is COCCCN1CCNCC1.CO[C@@]1(C=O)/C=C/C[C@H](C)[C@@H](C)S(=O)(=O)NC(=O)c2ccc3c(c2)N(C[C@@H]2CC[C@H]21)C[C@@]1(CCCc2cc(Cl)ccc21)CO3. The van der Waals surface area contributed by atoms with Crippen molar-refractivity contribution in [2.75, 3.05) is 78.1 Å². The highest BCUT2D eigenvalue weighted by Crippen LogP contribution is 2.48. The second-order valence-electron chi connectivity index (χ2n) is 16.1. The number of aryl methyl sites for hydroxylation is 1. The summed E-state index contributed by atoms with van der Waals surface area (Å²) in [5.74, 6) is -0.203. The summed E-state index contributed by atoms with van der Waals surface area (Å²) in [6.07, 6.45) is 10.8. The van der Waals surface area contributed by atoms with Crippen molar-refractivity contribution in [3.05, 3.63) is 70.3 Å². The first kappa shape index (κ1) is 41.6. The molecule has 0 unspecified atom stereocenters. The summed E-state index contributed by atoms with van der Waals surface area (Å²) in [6.45, 7) is 11.9. The molecule has 1 amide bonds. The summed E-state index contributed by atoms with van der Waals surface area (Å²) in [5, 5.41) is 3.21. The zero-order chi connectivity index (χ0) is 39.2. The first-order chi connectivity index (χ1) is 26.4. The smallest absolute Gasteiger partial charge is 0.264 e. The number of sulfonamides is 1. The van der Waals surface area contributed by atoms with Crippen molar-refractivity contribution in [1.82, 2.24) is 14.9 Å². The van der Waals surface area contributed by atoms with Gasteiger partial charge in [0.15, 0.2) is 6.29 Å². The largest absolute Gasteiger partial charge is 0.490 e. The van der Waals surface area contributed by atoms with E-state index in [1.807, 2.05) is 25.1 Å². The number of nitrogens with zero attached hydrogens (tertiary/aromatic N) is 2. The summed E-state index contributed by atoms with van der Waals surface area (Å²) in [7, 11) is -0.645. The predicted octanol–water partition coefficient (Wildman–Crippen LogP) is 5.40. The molecular formula is C42H59ClN4O7S. The van der Waals surface area contributed by atoms with E-state index in [0.29, 0.717) is 36.9 Å². The summed E-state index contributed by atoms with van der Waals surface area (Å²) < 4.78 is 46.3. The Morgan fingerprint density at radius 3 is 2.60 bits per heavy atom. The van der Waals surface area contributed by atoms with E-state index in [0.717, 1.165) is 70.2 Å². The monoisotopic (exact) mass is 798 g/mol. The van der Waals surface area contributed by atoms with E-state index in [9.17, 15) is 18.0 Å². The molecular weight excluding hydrogens is 740 g/mol. The van der Waals surface area contributed by atoms with Crippen molar-refractivity contribution in [1.29, 1.82) is 0 Å². The van der Waals surface area contributed by atoms with Crippen molar-refractivity contribution in [3.63, 3.8) is 0 Å². The number of benzene rings is 2. The average molecular weight is 799 g/mol. The van der Waals surface area contributed by atoms with Gasteiger partial charge in [-0.1, -0.05) is 30.7 Å². The normalized spacial score (nSPS) is 31.2. The molecule has 2 bridgehead atoms. The predicted molar refractivity (Wildman–Crippen MR) is 217 cm³/mol. The molecule has 11 nitrogen and oxygen atoms in total. The third-order valence-corrected chi connectivity index (χ3v) is 14.9. The molecule has 2 fully saturated rings. The lowest BCUT2D eigenvalue weighted by Gasteiger charge is -2.48.